The lowest BCUT2D eigenvalue weighted by molar-refractivity contribution is 0.317. The molecule has 0 spiro atoms. The first-order chi connectivity index (χ1) is 8.81. The summed E-state index contributed by atoms with van der Waals surface area (Å²) in [7, 11) is 0. The van der Waals surface area contributed by atoms with Crippen LogP contribution in [-0.4, -0.2) is 27.8 Å². The van der Waals surface area contributed by atoms with Gasteiger partial charge in [0.05, 0.1) is 0 Å². The number of hydrogen-bond acceptors (Lipinski definition) is 6. The average molecular weight is 263 g/mol. The van der Waals surface area contributed by atoms with E-state index in [9.17, 15) is 0 Å². The molecule has 3 N–H and O–H groups in total. The molecular formula is C11H13N5OS. The van der Waals surface area contributed by atoms with Crippen LogP contribution in [0.5, 0.6) is 0 Å². The van der Waals surface area contributed by atoms with Crippen LogP contribution in [0.25, 0.3) is 0 Å². The summed E-state index contributed by atoms with van der Waals surface area (Å²) < 4.78 is 0. The SMILES string of the molecule is NC(CCN(c1ccccc1)c1nncs1)=NO. The van der Waals surface area contributed by atoms with Gasteiger partial charge in [0.1, 0.15) is 11.3 Å². The van der Waals surface area contributed by atoms with Crippen LogP contribution in [0.2, 0.25) is 0 Å². The second-order valence-corrected chi connectivity index (χ2v) is 4.36. The molecule has 0 aliphatic rings. The van der Waals surface area contributed by atoms with E-state index in [1.807, 2.05) is 35.2 Å². The highest BCUT2D eigenvalue weighted by molar-refractivity contribution is 7.13. The van der Waals surface area contributed by atoms with Crippen molar-refractivity contribution in [1.82, 2.24) is 10.2 Å². The van der Waals surface area contributed by atoms with Gasteiger partial charge in [-0.15, -0.1) is 10.2 Å². The Kier molecular flexibility index (Phi) is 4.08. The van der Waals surface area contributed by atoms with E-state index < -0.39 is 0 Å². The van der Waals surface area contributed by atoms with Crippen LogP contribution in [-0.2, 0) is 0 Å². The second-order valence-electron chi connectivity index (χ2n) is 3.55. The van der Waals surface area contributed by atoms with Crippen molar-refractivity contribution >= 4 is 28.0 Å². The predicted octanol–water partition coefficient (Wildman–Crippen LogP) is 1.81. The predicted molar refractivity (Wildman–Crippen MR) is 71.4 cm³/mol. The number of nitrogens with zero attached hydrogens (tertiary/aromatic N) is 4. The summed E-state index contributed by atoms with van der Waals surface area (Å²) in [5.41, 5.74) is 8.17. The van der Waals surface area contributed by atoms with Gasteiger partial charge >= 0.3 is 0 Å². The van der Waals surface area contributed by atoms with E-state index in [1.54, 1.807) is 5.51 Å². The monoisotopic (exact) mass is 263 g/mol. The van der Waals surface area contributed by atoms with Crippen molar-refractivity contribution in [3.63, 3.8) is 0 Å². The molecule has 0 bridgehead atoms. The number of amidine groups is 1. The molecule has 18 heavy (non-hydrogen) atoms. The summed E-state index contributed by atoms with van der Waals surface area (Å²) in [4.78, 5) is 1.98. The van der Waals surface area contributed by atoms with Crippen molar-refractivity contribution in [1.29, 1.82) is 0 Å². The van der Waals surface area contributed by atoms with E-state index in [-0.39, 0.29) is 5.84 Å². The molecule has 0 aliphatic carbocycles. The molecule has 0 radical (unpaired) electrons. The molecule has 94 valence electrons. The Morgan fingerprint density at radius 3 is 2.78 bits per heavy atom. The number of anilines is 2. The zero-order valence-corrected chi connectivity index (χ0v) is 10.4. The van der Waals surface area contributed by atoms with Crippen molar-refractivity contribution < 1.29 is 5.21 Å². The molecule has 0 unspecified atom stereocenters. The third-order valence-corrected chi connectivity index (χ3v) is 3.08. The van der Waals surface area contributed by atoms with Crippen molar-refractivity contribution in [3.05, 3.63) is 35.8 Å². The number of oxime groups is 1. The van der Waals surface area contributed by atoms with Gasteiger partial charge in [0.25, 0.3) is 0 Å². The lowest BCUT2D eigenvalue weighted by Gasteiger charge is -2.20. The van der Waals surface area contributed by atoms with Crippen LogP contribution in [0, 0.1) is 0 Å². The summed E-state index contributed by atoms with van der Waals surface area (Å²) in [6.45, 7) is 0.578. The summed E-state index contributed by atoms with van der Waals surface area (Å²) in [6.07, 6.45) is 0.449. The Morgan fingerprint density at radius 2 is 2.17 bits per heavy atom. The molecule has 0 aliphatic heterocycles. The molecule has 0 amide bonds. The molecule has 2 aromatic rings. The number of nitrogens with two attached hydrogens (primary N) is 1. The molecule has 1 aromatic carbocycles. The lowest BCUT2D eigenvalue weighted by Crippen LogP contribution is -2.24. The molecule has 0 saturated heterocycles. The summed E-state index contributed by atoms with van der Waals surface area (Å²) in [6, 6.07) is 9.81. The van der Waals surface area contributed by atoms with E-state index in [4.69, 9.17) is 10.9 Å². The lowest BCUT2D eigenvalue weighted by atomic mass is 10.3. The largest absolute Gasteiger partial charge is 0.409 e. The van der Waals surface area contributed by atoms with Crippen LogP contribution in [0.3, 0.4) is 0 Å². The topological polar surface area (TPSA) is 87.6 Å². The molecule has 2 rings (SSSR count). The van der Waals surface area contributed by atoms with Gasteiger partial charge in [0.15, 0.2) is 0 Å². The average Bonchev–Trinajstić information content (AvgIpc) is 2.94. The normalized spacial score (nSPS) is 11.4. The summed E-state index contributed by atoms with van der Waals surface area (Å²) >= 11 is 1.45. The first-order valence-electron chi connectivity index (χ1n) is 5.36. The fourth-order valence-electron chi connectivity index (χ4n) is 1.50. The van der Waals surface area contributed by atoms with Gasteiger partial charge in [-0.1, -0.05) is 34.7 Å². The summed E-state index contributed by atoms with van der Waals surface area (Å²) in [5.74, 6) is 0.195. The minimum absolute atomic E-state index is 0.195. The first-order valence-corrected chi connectivity index (χ1v) is 6.24. The Hall–Kier alpha value is -2.15. The number of rotatable bonds is 5. The van der Waals surface area contributed by atoms with Crippen molar-refractivity contribution in [2.75, 3.05) is 11.4 Å². The Bertz CT molecular complexity index is 499. The highest BCUT2D eigenvalue weighted by atomic mass is 32.1. The minimum atomic E-state index is 0.195. The number of benzene rings is 1. The zero-order valence-electron chi connectivity index (χ0n) is 9.60. The Labute approximate surface area is 108 Å². The zero-order chi connectivity index (χ0) is 12.8. The minimum Gasteiger partial charge on any atom is -0.409 e. The number of aromatic nitrogens is 2. The number of para-hydroxylation sites is 1. The van der Waals surface area contributed by atoms with E-state index in [1.165, 1.54) is 11.3 Å². The highest BCUT2D eigenvalue weighted by Crippen LogP contribution is 2.26. The molecule has 0 atom stereocenters. The fourth-order valence-corrected chi connectivity index (χ4v) is 2.11. The first kappa shape index (κ1) is 12.3. The van der Waals surface area contributed by atoms with E-state index in [0.29, 0.717) is 13.0 Å². The summed E-state index contributed by atoms with van der Waals surface area (Å²) in [5, 5.41) is 20.2. The molecule has 0 fully saturated rings. The molecule has 0 saturated carbocycles. The van der Waals surface area contributed by atoms with Crippen LogP contribution < -0.4 is 10.6 Å². The van der Waals surface area contributed by atoms with Gasteiger partial charge in [0.2, 0.25) is 5.13 Å². The van der Waals surface area contributed by atoms with E-state index in [2.05, 4.69) is 15.4 Å². The van der Waals surface area contributed by atoms with Crippen molar-refractivity contribution in [2.24, 2.45) is 10.9 Å². The van der Waals surface area contributed by atoms with E-state index >= 15 is 0 Å². The van der Waals surface area contributed by atoms with Crippen LogP contribution in [0.1, 0.15) is 6.42 Å². The van der Waals surface area contributed by atoms with Crippen LogP contribution in [0.4, 0.5) is 10.8 Å². The maximum atomic E-state index is 8.57. The van der Waals surface area contributed by atoms with Crippen molar-refractivity contribution in [3.8, 4) is 0 Å². The fraction of sp³-hybridized carbons (Fsp3) is 0.182. The van der Waals surface area contributed by atoms with Gasteiger partial charge in [-0.3, -0.25) is 0 Å². The molecule has 7 heteroatoms. The third-order valence-electron chi connectivity index (χ3n) is 2.37. The van der Waals surface area contributed by atoms with Gasteiger partial charge in [-0.05, 0) is 12.1 Å². The second kappa shape index (κ2) is 5.97. The third kappa shape index (κ3) is 2.95. The van der Waals surface area contributed by atoms with Gasteiger partial charge < -0.3 is 15.8 Å². The van der Waals surface area contributed by atoms with Gasteiger partial charge in [0, 0.05) is 18.7 Å². The molecule has 1 aromatic heterocycles. The van der Waals surface area contributed by atoms with Crippen molar-refractivity contribution in [2.45, 2.75) is 6.42 Å². The van der Waals surface area contributed by atoms with Crippen LogP contribution in [0.15, 0.2) is 41.0 Å². The Balaban J connectivity index is 2.19. The molecule has 1 heterocycles. The van der Waals surface area contributed by atoms with Crippen LogP contribution >= 0.6 is 11.3 Å². The van der Waals surface area contributed by atoms with E-state index in [0.717, 1.165) is 10.8 Å². The maximum absolute atomic E-state index is 8.57. The quantitative estimate of drug-likeness (QED) is 0.372. The smallest absolute Gasteiger partial charge is 0.212 e. The standard InChI is InChI=1S/C11H13N5OS/c12-10(15-17)6-7-16(11-14-13-8-18-11)9-4-2-1-3-5-9/h1-5,8,17H,6-7H2,(H2,12,15). The maximum Gasteiger partial charge on any atom is 0.212 e. The number of hydrogen-bond donors (Lipinski definition) is 2. The van der Waals surface area contributed by atoms with Gasteiger partial charge in [-0.25, -0.2) is 0 Å². The molecular weight excluding hydrogens is 250 g/mol. The Morgan fingerprint density at radius 1 is 1.39 bits per heavy atom. The van der Waals surface area contributed by atoms with Gasteiger partial charge in [-0.2, -0.15) is 0 Å². The highest BCUT2D eigenvalue weighted by Gasteiger charge is 2.12. The molecule has 6 nitrogen and oxygen atoms in total.